The molecule has 0 aliphatic carbocycles. The van der Waals surface area contributed by atoms with Gasteiger partial charge < -0.3 is 10.2 Å². The Morgan fingerprint density at radius 2 is 1.33 bits per heavy atom. The van der Waals surface area contributed by atoms with Gasteiger partial charge in [-0.25, -0.2) is 12.8 Å². The fourth-order valence-electron chi connectivity index (χ4n) is 4.63. The molecule has 0 saturated carbocycles. The molecule has 0 bridgehead atoms. The van der Waals surface area contributed by atoms with Crippen molar-refractivity contribution in [3.8, 4) is 0 Å². The topological polar surface area (TPSA) is 86.8 Å². The lowest BCUT2D eigenvalue weighted by Crippen LogP contribution is -2.54. The van der Waals surface area contributed by atoms with E-state index in [1.165, 1.54) is 29.2 Å². The highest BCUT2D eigenvalue weighted by Gasteiger charge is 2.34. The highest BCUT2D eigenvalue weighted by Crippen LogP contribution is 2.25. The number of sulfonamides is 1. The van der Waals surface area contributed by atoms with E-state index >= 15 is 0 Å². The van der Waals surface area contributed by atoms with E-state index in [9.17, 15) is 22.4 Å². The van der Waals surface area contributed by atoms with Crippen molar-refractivity contribution in [2.45, 2.75) is 50.2 Å². The number of benzene rings is 4. The second-order valence-corrected chi connectivity index (χ2v) is 12.2. The van der Waals surface area contributed by atoms with Crippen molar-refractivity contribution < 1.29 is 22.4 Å². The molecule has 0 aliphatic rings. The van der Waals surface area contributed by atoms with E-state index in [2.05, 4.69) is 5.32 Å². The standard InChI is InChI=1S/C34H36FN3O4S/c1-3-26(2)36-34(40)32(23-27-13-7-4-8-14-27)37(24-28-15-9-5-10-16-28)33(39)25-38(30-21-19-29(35)20-22-30)43(41,42)31-17-11-6-12-18-31/h4-22,26,32H,3,23-25H2,1-2H3,(H,36,40). The third kappa shape index (κ3) is 8.29. The second kappa shape index (κ2) is 14.6. The van der Waals surface area contributed by atoms with Crippen LogP contribution in [0.15, 0.2) is 120 Å². The zero-order valence-electron chi connectivity index (χ0n) is 24.3. The summed E-state index contributed by atoms with van der Waals surface area (Å²) in [6, 6.07) is 30.3. The van der Waals surface area contributed by atoms with Gasteiger partial charge in [-0.15, -0.1) is 0 Å². The van der Waals surface area contributed by atoms with Crippen LogP contribution in [0.4, 0.5) is 10.1 Å². The molecule has 9 heteroatoms. The molecule has 0 fully saturated rings. The second-order valence-electron chi connectivity index (χ2n) is 10.3. The van der Waals surface area contributed by atoms with Gasteiger partial charge in [0.1, 0.15) is 18.4 Å². The number of rotatable bonds is 13. The monoisotopic (exact) mass is 601 g/mol. The van der Waals surface area contributed by atoms with Crippen molar-refractivity contribution in [3.63, 3.8) is 0 Å². The third-order valence-electron chi connectivity index (χ3n) is 7.19. The highest BCUT2D eigenvalue weighted by atomic mass is 32.2. The van der Waals surface area contributed by atoms with Crippen molar-refractivity contribution in [1.82, 2.24) is 10.2 Å². The molecule has 0 aromatic heterocycles. The Labute approximate surface area is 253 Å². The molecule has 43 heavy (non-hydrogen) atoms. The van der Waals surface area contributed by atoms with Crippen molar-refractivity contribution in [1.29, 1.82) is 0 Å². The number of carbonyl (C=O) groups excluding carboxylic acids is 2. The minimum atomic E-state index is -4.23. The Balaban J connectivity index is 1.78. The van der Waals surface area contributed by atoms with E-state index in [4.69, 9.17) is 0 Å². The Kier molecular flexibility index (Phi) is 10.7. The molecule has 0 heterocycles. The van der Waals surface area contributed by atoms with Crippen molar-refractivity contribution in [2.75, 3.05) is 10.8 Å². The summed E-state index contributed by atoms with van der Waals surface area (Å²) in [5.74, 6) is -1.45. The predicted molar refractivity (Wildman–Crippen MR) is 166 cm³/mol. The number of nitrogens with one attached hydrogen (secondary N) is 1. The Bertz CT molecular complexity index is 1590. The van der Waals surface area contributed by atoms with Gasteiger partial charge in [0.15, 0.2) is 0 Å². The minimum absolute atomic E-state index is 0.0166. The van der Waals surface area contributed by atoms with Crippen LogP contribution in [0.25, 0.3) is 0 Å². The maximum Gasteiger partial charge on any atom is 0.264 e. The van der Waals surface area contributed by atoms with Crippen LogP contribution < -0.4 is 9.62 Å². The van der Waals surface area contributed by atoms with E-state index in [0.717, 1.165) is 27.6 Å². The summed E-state index contributed by atoms with van der Waals surface area (Å²) in [7, 11) is -4.23. The summed E-state index contributed by atoms with van der Waals surface area (Å²) >= 11 is 0. The molecule has 2 atom stereocenters. The number of anilines is 1. The van der Waals surface area contributed by atoms with Crippen LogP contribution in [0.5, 0.6) is 0 Å². The summed E-state index contributed by atoms with van der Waals surface area (Å²) in [5, 5.41) is 3.01. The van der Waals surface area contributed by atoms with E-state index < -0.39 is 34.3 Å². The summed E-state index contributed by atoms with van der Waals surface area (Å²) in [5.41, 5.74) is 1.76. The lowest BCUT2D eigenvalue weighted by molar-refractivity contribution is -0.140. The van der Waals surface area contributed by atoms with Crippen molar-refractivity contribution in [3.05, 3.63) is 132 Å². The Morgan fingerprint density at radius 3 is 1.88 bits per heavy atom. The number of carbonyl (C=O) groups is 2. The van der Waals surface area contributed by atoms with Crippen LogP contribution in [0.1, 0.15) is 31.4 Å². The first kappa shape index (κ1) is 31.4. The summed E-state index contributed by atoms with van der Waals surface area (Å²) in [4.78, 5) is 29.5. The van der Waals surface area contributed by atoms with Crippen LogP contribution in [-0.4, -0.2) is 43.8 Å². The molecular formula is C34H36FN3O4S. The van der Waals surface area contributed by atoms with Gasteiger partial charge in [0.25, 0.3) is 10.0 Å². The molecule has 1 N–H and O–H groups in total. The lowest BCUT2D eigenvalue weighted by Gasteiger charge is -2.34. The van der Waals surface area contributed by atoms with Gasteiger partial charge in [0.2, 0.25) is 11.8 Å². The zero-order valence-corrected chi connectivity index (χ0v) is 25.1. The van der Waals surface area contributed by atoms with E-state index in [1.807, 2.05) is 74.5 Å². The molecule has 0 spiro atoms. The van der Waals surface area contributed by atoms with E-state index in [0.29, 0.717) is 6.42 Å². The van der Waals surface area contributed by atoms with Gasteiger partial charge >= 0.3 is 0 Å². The fourth-order valence-corrected chi connectivity index (χ4v) is 6.07. The average molecular weight is 602 g/mol. The van der Waals surface area contributed by atoms with Crippen LogP contribution in [0.3, 0.4) is 0 Å². The minimum Gasteiger partial charge on any atom is -0.352 e. The molecule has 4 aromatic carbocycles. The van der Waals surface area contributed by atoms with Gasteiger partial charge in [-0.1, -0.05) is 85.8 Å². The van der Waals surface area contributed by atoms with E-state index in [-0.39, 0.29) is 35.5 Å². The SMILES string of the molecule is CCC(C)NC(=O)C(Cc1ccccc1)N(Cc1ccccc1)C(=O)CN(c1ccc(F)cc1)S(=O)(=O)c1ccccc1. The van der Waals surface area contributed by atoms with Crippen molar-refractivity contribution >= 4 is 27.5 Å². The number of halogens is 1. The van der Waals surface area contributed by atoms with E-state index in [1.54, 1.807) is 18.2 Å². The number of hydrogen-bond acceptors (Lipinski definition) is 4. The normalized spacial score (nSPS) is 12.6. The molecule has 7 nitrogen and oxygen atoms in total. The quantitative estimate of drug-likeness (QED) is 0.217. The first-order chi connectivity index (χ1) is 20.7. The molecule has 224 valence electrons. The number of hydrogen-bond donors (Lipinski definition) is 1. The molecule has 4 aromatic rings. The summed E-state index contributed by atoms with van der Waals surface area (Å²) < 4.78 is 42.6. The van der Waals surface area contributed by atoms with Gasteiger partial charge in [-0.3, -0.25) is 13.9 Å². The lowest BCUT2D eigenvalue weighted by atomic mass is 10.0. The molecule has 0 aliphatic heterocycles. The molecule has 0 radical (unpaired) electrons. The van der Waals surface area contributed by atoms with Crippen LogP contribution in [-0.2, 0) is 32.6 Å². The predicted octanol–water partition coefficient (Wildman–Crippen LogP) is 5.58. The largest absolute Gasteiger partial charge is 0.352 e. The average Bonchev–Trinajstić information content (AvgIpc) is 3.03. The van der Waals surface area contributed by atoms with Gasteiger partial charge in [0, 0.05) is 19.0 Å². The molecule has 2 amide bonds. The molecule has 2 unspecified atom stereocenters. The molecule has 0 saturated heterocycles. The third-order valence-corrected chi connectivity index (χ3v) is 8.98. The van der Waals surface area contributed by atoms with Crippen LogP contribution >= 0.6 is 0 Å². The van der Waals surface area contributed by atoms with Gasteiger partial charge in [-0.2, -0.15) is 0 Å². The Morgan fingerprint density at radius 1 is 0.791 bits per heavy atom. The first-order valence-corrected chi connectivity index (χ1v) is 15.6. The molecular weight excluding hydrogens is 565 g/mol. The van der Waals surface area contributed by atoms with Gasteiger partial charge in [-0.05, 0) is 60.9 Å². The fraction of sp³-hybridized carbons (Fsp3) is 0.235. The number of amides is 2. The van der Waals surface area contributed by atoms with Crippen LogP contribution in [0.2, 0.25) is 0 Å². The zero-order chi connectivity index (χ0) is 30.8. The molecule has 4 rings (SSSR count). The number of nitrogens with zero attached hydrogens (tertiary/aromatic N) is 2. The maximum absolute atomic E-state index is 14.3. The maximum atomic E-state index is 14.3. The smallest absolute Gasteiger partial charge is 0.264 e. The summed E-state index contributed by atoms with van der Waals surface area (Å²) in [6.45, 7) is 3.33. The van der Waals surface area contributed by atoms with Crippen LogP contribution in [0, 0.1) is 5.82 Å². The Hall–Kier alpha value is -4.50. The first-order valence-electron chi connectivity index (χ1n) is 14.2. The van der Waals surface area contributed by atoms with Crippen molar-refractivity contribution in [2.24, 2.45) is 0 Å². The summed E-state index contributed by atoms with van der Waals surface area (Å²) in [6.07, 6.45) is 0.924. The highest BCUT2D eigenvalue weighted by molar-refractivity contribution is 7.92. The van der Waals surface area contributed by atoms with Gasteiger partial charge in [0.05, 0.1) is 10.6 Å².